The number of nitrogens with zero attached hydrogens (tertiary/aromatic N) is 3. The lowest BCUT2D eigenvalue weighted by molar-refractivity contribution is -0.113. The van der Waals surface area contributed by atoms with E-state index in [4.69, 9.17) is 9.73 Å². The van der Waals surface area contributed by atoms with Gasteiger partial charge in [-0.2, -0.15) is 0 Å². The number of methoxy groups -OCH3 is 1. The second-order valence-electron chi connectivity index (χ2n) is 11.0. The fraction of sp³-hybridized carbons (Fsp3) is 0.108. The monoisotopic (exact) mass is 688 g/mol. The summed E-state index contributed by atoms with van der Waals surface area (Å²) < 4.78 is 10.9. The van der Waals surface area contributed by atoms with Gasteiger partial charge in [0.1, 0.15) is 5.75 Å². The number of rotatable bonds is 7. The van der Waals surface area contributed by atoms with Crippen LogP contribution in [0.1, 0.15) is 29.7 Å². The summed E-state index contributed by atoms with van der Waals surface area (Å²) in [5.41, 5.74) is 5.36. The van der Waals surface area contributed by atoms with Crippen LogP contribution in [0.25, 0.3) is 17.0 Å². The molecule has 1 aliphatic rings. The Morgan fingerprint density at radius 1 is 1.00 bits per heavy atom. The van der Waals surface area contributed by atoms with Crippen LogP contribution in [0, 0.1) is 0 Å². The number of carbonyl (C=O) groups is 1. The number of amides is 1. The van der Waals surface area contributed by atoms with Gasteiger partial charge in [0.2, 0.25) is 0 Å². The zero-order valence-electron chi connectivity index (χ0n) is 25.1. The number of hydrogen-bond acceptors (Lipinski definition) is 5. The van der Waals surface area contributed by atoms with Crippen LogP contribution in [-0.2, 0) is 11.3 Å². The summed E-state index contributed by atoms with van der Waals surface area (Å²) >= 11 is 4.84. The standard InChI is InChI=1S/C37H29BrN4O3S/c1-23-33(35(43)40-28-10-4-3-5-11-28)34(25-9-8-12-29(19-25)45-2)42-36(44)32(46-37(42)39-23)20-26-22-41(31-14-7-6-13-30(26)31)21-24-15-17-27(38)18-16-24/h3-20,22,34H,21H2,1-2H3,(H,40,43)/b32-20-/t34-/m0/s1. The van der Waals surface area contributed by atoms with Gasteiger partial charge >= 0.3 is 0 Å². The number of thiazole rings is 1. The van der Waals surface area contributed by atoms with Crippen molar-refractivity contribution in [3.63, 3.8) is 0 Å². The number of benzene rings is 4. The van der Waals surface area contributed by atoms with Crippen LogP contribution in [0.4, 0.5) is 5.69 Å². The van der Waals surface area contributed by atoms with Crippen LogP contribution < -0.4 is 24.9 Å². The minimum Gasteiger partial charge on any atom is -0.497 e. The van der Waals surface area contributed by atoms with Crippen molar-refractivity contribution in [2.75, 3.05) is 12.4 Å². The summed E-state index contributed by atoms with van der Waals surface area (Å²) in [4.78, 5) is 33.5. The van der Waals surface area contributed by atoms with Crippen molar-refractivity contribution in [1.82, 2.24) is 9.13 Å². The number of ether oxygens (including phenoxy) is 1. The SMILES string of the molecule is COc1cccc([C@H]2C(C(=O)Nc3ccccc3)=C(C)N=c3s/c(=C\c4cn(Cc5ccc(Br)cc5)c5ccccc45)c(=O)n32)c1. The Labute approximate surface area is 277 Å². The largest absolute Gasteiger partial charge is 0.497 e. The maximum absolute atomic E-state index is 14.3. The van der Waals surface area contributed by atoms with E-state index in [1.54, 1.807) is 11.7 Å². The van der Waals surface area contributed by atoms with Gasteiger partial charge in [-0.3, -0.25) is 14.2 Å². The molecule has 0 radical (unpaired) electrons. The van der Waals surface area contributed by atoms with E-state index in [-0.39, 0.29) is 11.5 Å². The van der Waals surface area contributed by atoms with Gasteiger partial charge in [0.15, 0.2) is 4.80 Å². The number of carbonyl (C=O) groups excluding carboxylic acids is 1. The first-order chi connectivity index (χ1) is 22.4. The molecule has 1 amide bonds. The first-order valence-electron chi connectivity index (χ1n) is 14.7. The molecule has 9 heteroatoms. The molecular weight excluding hydrogens is 660 g/mol. The number of nitrogens with one attached hydrogen (secondary N) is 1. The second-order valence-corrected chi connectivity index (χ2v) is 13.0. The Bertz CT molecular complexity index is 2320. The van der Waals surface area contributed by atoms with Crippen molar-refractivity contribution in [1.29, 1.82) is 0 Å². The fourth-order valence-corrected chi connectivity index (χ4v) is 7.21. The lowest BCUT2D eigenvalue weighted by Gasteiger charge is -2.25. The molecule has 2 aromatic heterocycles. The van der Waals surface area contributed by atoms with E-state index in [9.17, 15) is 9.59 Å². The summed E-state index contributed by atoms with van der Waals surface area (Å²) in [6.07, 6.45) is 4.03. The van der Waals surface area contributed by atoms with Crippen molar-refractivity contribution < 1.29 is 9.53 Å². The van der Waals surface area contributed by atoms with Crippen molar-refractivity contribution in [2.24, 2.45) is 4.99 Å². The smallest absolute Gasteiger partial charge is 0.271 e. The first kappa shape index (κ1) is 29.7. The van der Waals surface area contributed by atoms with Gasteiger partial charge in [0, 0.05) is 39.4 Å². The Hall–Kier alpha value is -4.99. The molecular formula is C37H29BrN4O3S. The molecule has 0 unspecified atom stereocenters. The molecule has 3 heterocycles. The maximum atomic E-state index is 14.3. The third kappa shape index (κ3) is 5.63. The van der Waals surface area contributed by atoms with Crippen LogP contribution in [0.15, 0.2) is 135 Å². The van der Waals surface area contributed by atoms with Crippen molar-refractivity contribution >= 4 is 55.8 Å². The quantitative estimate of drug-likeness (QED) is 0.204. The molecule has 0 fully saturated rings. The van der Waals surface area contributed by atoms with Crippen molar-refractivity contribution in [3.05, 3.63) is 161 Å². The molecule has 0 saturated carbocycles. The predicted molar refractivity (Wildman–Crippen MR) is 187 cm³/mol. The zero-order valence-corrected chi connectivity index (χ0v) is 27.5. The van der Waals surface area contributed by atoms with E-state index in [2.05, 4.69) is 56.3 Å². The average Bonchev–Trinajstić information content (AvgIpc) is 3.57. The minimum atomic E-state index is -0.698. The number of aromatic nitrogens is 2. The Kier molecular flexibility index (Phi) is 8.02. The number of hydrogen-bond donors (Lipinski definition) is 1. The third-order valence-electron chi connectivity index (χ3n) is 8.08. The van der Waals surface area contributed by atoms with Crippen LogP contribution in [-0.4, -0.2) is 22.2 Å². The first-order valence-corrected chi connectivity index (χ1v) is 16.4. The topological polar surface area (TPSA) is 77.6 Å². The summed E-state index contributed by atoms with van der Waals surface area (Å²) in [7, 11) is 1.60. The molecule has 1 atom stereocenters. The number of anilines is 1. The van der Waals surface area contributed by atoms with Crippen LogP contribution in [0.3, 0.4) is 0 Å². The van der Waals surface area contributed by atoms with E-state index in [0.29, 0.717) is 38.6 Å². The molecule has 7 nitrogen and oxygen atoms in total. The van der Waals surface area contributed by atoms with Crippen molar-refractivity contribution in [3.8, 4) is 5.75 Å². The highest BCUT2D eigenvalue weighted by atomic mass is 79.9. The molecule has 0 spiro atoms. The molecule has 1 aliphatic heterocycles. The van der Waals surface area contributed by atoms with Gasteiger partial charge in [-0.1, -0.05) is 87.9 Å². The molecule has 228 valence electrons. The maximum Gasteiger partial charge on any atom is 0.271 e. The molecule has 6 aromatic rings. The molecule has 0 aliphatic carbocycles. The van der Waals surface area contributed by atoms with Gasteiger partial charge in [-0.25, -0.2) is 4.99 Å². The Balaban J connectivity index is 1.36. The van der Waals surface area contributed by atoms with Crippen LogP contribution in [0.2, 0.25) is 0 Å². The lowest BCUT2D eigenvalue weighted by Crippen LogP contribution is -2.40. The van der Waals surface area contributed by atoms with Gasteiger partial charge < -0.3 is 14.6 Å². The van der Waals surface area contributed by atoms with E-state index in [1.165, 1.54) is 16.9 Å². The highest BCUT2D eigenvalue weighted by Crippen LogP contribution is 2.32. The van der Waals surface area contributed by atoms with E-state index in [1.807, 2.05) is 91.9 Å². The van der Waals surface area contributed by atoms with Gasteiger partial charge in [-0.05, 0) is 66.6 Å². The highest BCUT2D eigenvalue weighted by Gasteiger charge is 2.33. The van der Waals surface area contributed by atoms with E-state index >= 15 is 0 Å². The molecule has 0 saturated heterocycles. The summed E-state index contributed by atoms with van der Waals surface area (Å²) in [6, 6.07) is 32.6. The number of halogens is 1. The summed E-state index contributed by atoms with van der Waals surface area (Å²) in [6.45, 7) is 2.51. The minimum absolute atomic E-state index is 0.209. The zero-order chi connectivity index (χ0) is 31.8. The number of allylic oxidation sites excluding steroid dienone is 1. The van der Waals surface area contributed by atoms with E-state index < -0.39 is 6.04 Å². The molecule has 0 bridgehead atoms. The fourth-order valence-electron chi connectivity index (χ4n) is 5.91. The van der Waals surface area contributed by atoms with Gasteiger partial charge in [-0.15, -0.1) is 0 Å². The van der Waals surface area contributed by atoms with Gasteiger partial charge in [0.25, 0.3) is 11.5 Å². The Morgan fingerprint density at radius 2 is 1.76 bits per heavy atom. The average molecular weight is 690 g/mol. The number of para-hydroxylation sites is 2. The Morgan fingerprint density at radius 3 is 2.54 bits per heavy atom. The lowest BCUT2D eigenvalue weighted by atomic mass is 9.95. The highest BCUT2D eigenvalue weighted by molar-refractivity contribution is 9.10. The second kappa shape index (κ2) is 12.4. The summed E-state index contributed by atoms with van der Waals surface area (Å²) in [5, 5.41) is 4.05. The van der Waals surface area contributed by atoms with Gasteiger partial charge in [0.05, 0.1) is 29.0 Å². The molecule has 46 heavy (non-hydrogen) atoms. The predicted octanol–water partition coefficient (Wildman–Crippen LogP) is 6.65. The van der Waals surface area contributed by atoms with Crippen molar-refractivity contribution in [2.45, 2.75) is 19.5 Å². The summed E-state index contributed by atoms with van der Waals surface area (Å²) in [5.74, 6) is 0.321. The van der Waals surface area contributed by atoms with Crippen LogP contribution in [0.5, 0.6) is 5.75 Å². The molecule has 4 aromatic carbocycles. The van der Waals surface area contributed by atoms with Crippen LogP contribution >= 0.6 is 27.3 Å². The molecule has 1 N–H and O–H groups in total. The van der Waals surface area contributed by atoms with E-state index in [0.717, 1.165) is 26.5 Å². The number of fused-ring (bicyclic) bond motifs is 2. The molecule has 7 rings (SSSR count). The third-order valence-corrected chi connectivity index (χ3v) is 9.59. The normalized spacial score (nSPS) is 14.7.